The minimum Gasteiger partial charge on any atom is -0.482 e. The molecule has 2 amide bonds. The van der Waals surface area contributed by atoms with Gasteiger partial charge in [-0.05, 0) is 24.3 Å². The van der Waals surface area contributed by atoms with Gasteiger partial charge in [0.05, 0.1) is 16.1 Å². The monoisotopic (exact) mass is 386 g/mol. The van der Waals surface area contributed by atoms with Crippen LogP contribution in [0.5, 0.6) is 5.75 Å². The van der Waals surface area contributed by atoms with Gasteiger partial charge < -0.3 is 15.0 Å². The van der Waals surface area contributed by atoms with E-state index in [0.29, 0.717) is 16.7 Å². The zero-order chi connectivity index (χ0) is 19.0. The van der Waals surface area contributed by atoms with E-state index in [-0.39, 0.29) is 23.1 Å². The van der Waals surface area contributed by atoms with Crippen LogP contribution in [0.3, 0.4) is 0 Å². The number of hydrogen-bond acceptors (Lipinski definition) is 5. The summed E-state index contributed by atoms with van der Waals surface area (Å²) in [5, 5.41) is 3.20. The number of carbonyl (C=O) groups is 2. The fourth-order valence-electron chi connectivity index (χ4n) is 2.73. The third-order valence-corrected chi connectivity index (χ3v) is 5.27. The third kappa shape index (κ3) is 3.23. The molecular formula is C17H14N4O5S. The summed E-state index contributed by atoms with van der Waals surface area (Å²) in [5.41, 5.74) is 3.50. The summed E-state index contributed by atoms with van der Waals surface area (Å²) in [6.07, 6.45) is 1.50. The summed E-state index contributed by atoms with van der Waals surface area (Å²) < 4.78 is 30.1. The highest BCUT2D eigenvalue weighted by Gasteiger charge is 2.22. The molecule has 1 aliphatic rings. The molecule has 10 heteroatoms. The van der Waals surface area contributed by atoms with Gasteiger partial charge in [-0.2, -0.15) is 0 Å². The average Bonchev–Trinajstić information content (AvgIpc) is 3.10. The van der Waals surface area contributed by atoms with Crippen molar-refractivity contribution >= 4 is 38.4 Å². The smallest absolute Gasteiger partial charge is 0.268 e. The van der Waals surface area contributed by atoms with Crippen LogP contribution in [0, 0.1) is 0 Å². The van der Waals surface area contributed by atoms with E-state index in [2.05, 4.69) is 20.6 Å². The normalized spacial score (nSPS) is 13.6. The molecule has 3 aromatic rings. The molecule has 4 N–H and O–H groups in total. The number of rotatable bonds is 4. The number of carbonyl (C=O) groups excluding carboxylic acids is 2. The first-order chi connectivity index (χ1) is 12.9. The van der Waals surface area contributed by atoms with Crippen LogP contribution in [0.1, 0.15) is 10.4 Å². The van der Waals surface area contributed by atoms with Crippen molar-refractivity contribution in [1.29, 1.82) is 0 Å². The molecule has 0 saturated heterocycles. The Bertz CT molecular complexity index is 1170. The van der Waals surface area contributed by atoms with Gasteiger partial charge in [-0.3, -0.25) is 15.0 Å². The number of nitrogens with one attached hydrogen (secondary N) is 4. The van der Waals surface area contributed by atoms with Crippen molar-refractivity contribution in [1.82, 2.24) is 15.2 Å². The van der Waals surface area contributed by atoms with Crippen molar-refractivity contribution in [2.45, 2.75) is 4.90 Å². The molecule has 0 unspecified atom stereocenters. The Kier molecular flexibility index (Phi) is 4.05. The van der Waals surface area contributed by atoms with Gasteiger partial charge >= 0.3 is 0 Å². The lowest BCUT2D eigenvalue weighted by Gasteiger charge is -2.18. The summed E-state index contributed by atoms with van der Waals surface area (Å²) >= 11 is 0. The molecular weight excluding hydrogens is 372 g/mol. The standard InChI is InChI=1S/C17H14N4O5S/c22-16-9-26-15-6-5-10(7-14(15)19-16)27(24,25)21-20-17(23)12-8-18-13-4-2-1-3-11(12)13/h1-8,18,21H,9H2,(H,19,22)(H,20,23). The number of anilines is 1. The number of hydrazine groups is 1. The molecule has 138 valence electrons. The third-order valence-electron chi connectivity index (χ3n) is 4.03. The van der Waals surface area contributed by atoms with Crippen LogP contribution in [-0.4, -0.2) is 31.8 Å². The van der Waals surface area contributed by atoms with Gasteiger partial charge in [0.15, 0.2) is 6.61 Å². The number of hydrogen-bond donors (Lipinski definition) is 4. The highest BCUT2D eigenvalue weighted by molar-refractivity contribution is 7.89. The molecule has 1 aliphatic heterocycles. The van der Waals surface area contributed by atoms with E-state index in [4.69, 9.17) is 4.74 Å². The highest BCUT2D eigenvalue weighted by Crippen LogP contribution is 2.29. The number of H-pyrrole nitrogens is 1. The van der Waals surface area contributed by atoms with Crippen molar-refractivity contribution in [3.05, 3.63) is 54.2 Å². The molecule has 0 spiro atoms. The Balaban J connectivity index is 1.53. The number of amides is 2. The maximum absolute atomic E-state index is 12.4. The first-order valence-electron chi connectivity index (χ1n) is 7.89. The Hall–Kier alpha value is -3.37. The Morgan fingerprint density at radius 2 is 1.96 bits per heavy atom. The van der Waals surface area contributed by atoms with Gasteiger partial charge in [0, 0.05) is 17.1 Å². The number of aromatic amines is 1. The average molecular weight is 386 g/mol. The first kappa shape index (κ1) is 17.1. The van der Waals surface area contributed by atoms with E-state index in [1.807, 2.05) is 6.07 Å². The van der Waals surface area contributed by atoms with E-state index in [1.54, 1.807) is 18.2 Å². The quantitative estimate of drug-likeness (QED) is 0.500. The molecule has 27 heavy (non-hydrogen) atoms. The second-order valence-electron chi connectivity index (χ2n) is 5.80. The fourth-order valence-corrected chi connectivity index (χ4v) is 3.59. The van der Waals surface area contributed by atoms with Crippen molar-refractivity contribution in [3.8, 4) is 5.75 Å². The van der Waals surface area contributed by atoms with E-state index in [1.165, 1.54) is 24.4 Å². The molecule has 0 radical (unpaired) electrons. The van der Waals surface area contributed by atoms with Gasteiger partial charge in [0.25, 0.3) is 21.8 Å². The van der Waals surface area contributed by atoms with Crippen molar-refractivity contribution in [2.24, 2.45) is 0 Å². The second kappa shape index (κ2) is 6.41. The minimum absolute atomic E-state index is 0.127. The summed E-state index contributed by atoms with van der Waals surface area (Å²) in [4.78, 5) is 28.6. The number of aromatic nitrogens is 1. The van der Waals surface area contributed by atoms with Crippen LogP contribution in [0.2, 0.25) is 0 Å². The Labute approximate surface area is 153 Å². The summed E-state index contributed by atoms with van der Waals surface area (Å²) in [7, 11) is -4.05. The molecule has 2 heterocycles. The SMILES string of the molecule is O=C1COc2ccc(S(=O)(=O)NNC(=O)c3c[nH]c4ccccc34)cc2N1. The number of sulfonamides is 1. The van der Waals surface area contributed by atoms with E-state index < -0.39 is 15.9 Å². The Morgan fingerprint density at radius 3 is 2.81 bits per heavy atom. The van der Waals surface area contributed by atoms with Crippen LogP contribution in [0.4, 0.5) is 5.69 Å². The lowest BCUT2D eigenvalue weighted by atomic mass is 10.2. The predicted molar refractivity (Wildman–Crippen MR) is 96.7 cm³/mol. The minimum atomic E-state index is -4.05. The lowest BCUT2D eigenvalue weighted by molar-refractivity contribution is -0.118. The summed E-state index contributed by atoms with van der Waals surface area (Å²) in [6, 6.07) is 11.2. The predicted octanol–water partition coefficient (Wildman–Crippen LogP) is 1.12. The van der Waals surface area contributed by atoms with Crippen LogP contribution in [0.25, 0.3) is 10.9 Å². The molecule has 9 nitrogen and oxygen atoms in total. The van der Waals surface area contributed by atoms with Gasteiger partial charge in [0.1, 0.15) is 5.75 Å². The van der Waals surface area contributed by atoms with Gasteiger partial charge in [-0.15, -0.1) is 4.83 Å². The molecule has 0 saturated carbocycles. The van der Waals surface area contributed by atoms with Crippen molar-refractivity contribution in [3.63, 3.8) is 0 Å². The van der Waals surface area contributed by atoms with Gasteiger partial charge in [-0.25, -0.2) is 8.42 Å². The topological polar surface area (TPSA) is 129 Å². The lowest BCUT2D eigenvalue weighted by Crippen LogP contribution is -2.41. The largest absolute Gasteiger partial charge is 0.482 e. The molecule has 0 atom stereocenters. The summed E-state index contributed by atoms with van der Waals surface area (Å²) in [5.74, 6) is -0.611. The van der Waals surface area contributed by atoms with Crippen LogP contribution < -0.4 is 20.3 Å². The maximum atomic E-state index is 12.4. The molecule has 0 bridgehead atoms. The van der Waals surface area contributed by atoms with E-state index in [9.17, 15) is 18.0 Å². The molecule has 1 aromatic heterocycles. The highest BCUT2D eigenvalue weighted by atomic mass is 32.2. The van der Waals surface area contributed by atoms with Crippen LogP contribution in [0.15, 0.2) is 53.6 Å². The number of benzene rings is 2. The van der Waals surface area contributed by atoms with Gasteiger partial charge in [0.2, 0.25) is 0 Å². The van der Waals surface area contributed by atoms with Gasteiger partial charge in [-0.1, -0.05) is 18.2 Å². The maximum Gasteiger partial charge on any atom is 0.268 e. The van der Waals surface area contributed by atoms with Crippen LogP contribution >= 0.6 is 0 Å². The molecule has 0 aliphatic carbocycles. The zero-order valence-electron chi connectivity index (χ0n) is 13.8. The Morgan fingerprint density at radius 1 is 1.15 bits per heavy atom. The molecule has 0 fully saturated rings. The number of ether oxygens (including phenoxy) is 1. The molecule has 2 aromatic carbocycles. The first-order valence-corrected chi connectivity index (χ1v) is 9.37. The zero-order valence-corrected chi connectivity index (χ0v) is 14.6. The van der Waals surface area contributed by atoms with Crippen molar-refractivity contribution < 1.29 is 22.7 Å². The number of fused-ring (bicyclic) bond motifs is 2. The van der Waals surface area contributed by atoms with Crippen molar-refractivity contribution in [2.75, 3.05) is 11.9 Å². The van der Waals surface area contributed by atoms with E-state index >= 15 is 0 Å². The number of para-hydroxylation sites is 1. The fraction of sp³-hybridized carbons (Fsp3) is 0.0588. The second-order valence-corrected chi connectivity index (χ2v) is 7.48. The van der Waals surface area contributed by atoms with Crippen LogP contribution in [-0.2, 0) is 14.8 Å². The van der Waals surface area contributed by atoms with E-state index in [0.717, 1.165) is 5.52 Å². The summed E-state index contributed by atoms with van der Waals surface area (Å²) in [6.45, 7) is -0.127. The molecule has 4 rings (SSSR count).